The van der Waals surface area contributed by atoms with Gasteiger partial charge in [0.25, 0.3) is 0 Å². The molecular formula is C16H23N3O2S. The minimum Gasteiger partial charge on any atom is -0.368 e. The molecule has 0 spiro atoms. The van der Waals surface area contributed by atoms with Gasteiger partial charge in [-0.15, -0.1) is 11.3 Å². The fraction of sp³-hybridized carbons (Fsp3) is 0.750. The average Bonchev–Trinajstić information content (AvgIpc) is 3.45. The number of thiazole rings is 1. The van der Waals surface area contributed by atoms with E-state index in [4.69, 9.17) is 4.74 Å². The molecule has 0 bridgehead atoms. The second-order valence-electron chi connectivity index (χ2n) is 6.73. The van der Waals surface area contributed by atoms with Crippen LogP contribution in [0.2, 0.25) is 0 Å². The summed E-state index contributed by atoms with van der Waals surface area (Å²) >= 11 is 1.62. The number of morpholine rings is 1. The molecule has 6 heteroatoms. The largest absolute Gasteiger partial charge is 0.368 e. The van der Waals surface area contributed by atoms with E-state index in [-0.39, 0.29) is 12.0 Å². The number of rotatable bonds is 6. The van der Waals surface area contributed by atoms with Crippen molar-refractivity contribution in [1.29, 1.82) is 0 Å². The van der Waals surface area contributed by atoms with E-state index in [0.717, 1.165) is 29.9 Å². The summed E-state index contributed by atoms with van der Waals surface area (Å²) in [6.45, 7) is 2.75. The number of ether oxygens (including phenoxy) is 1. The highest BCUT2D eigenvalue weighted by molar-refractivity contribution is 7.09. The number of nitrogens with zero attached hydrogens (tertiary/aromatic N) is 2. The quantitative estimate of drug-likeness (QED) is 0.868. The van der Waals surface area contributed by atoms with Gasteiger partial charge in [0, 0.05) is 30.7 Å². The fourth-order valence-corrected chi connectivity index (χ4v) is 4.03. The summed E-state index contributed by atoms with van der Waals surface area (Å²) in [5, 5.41) is 6.29. The van der Waals surface area contributed by atoms with E-state index in [2.05, 4.69) is 15.2 Å². The third-order valence-electron chi connectivity index (χ3n) is 4.83. The first kappa shape index (κ1) is 14.6. The molecule has 3 fully saturated rings. The van der Waals surface area contributed by atoms with E-state index in [1.54, 1.807) is 11.3 Å². The molecule has 5 nitrogen and oxygen atoms in total. The lowest BCUT2D eigenvalue weighted by atomic mass is 10.1. The molecule has 0 radical (unpaired) electrons. The van der Waals surface area contributed by atoms with Crippen LogP contribution in [-0.4, -0.2) is 48.1 Å². The van der Waals surface area contributed by atoms with E-state index >= 15 is 0 Å². The Bertz CT molecular complexity index is 501. The first-order valence-electron chi connectivity index (χ1n) is 8.32. The Kier molecular flexibility index (Phi) is 4.15. The topological polar surface area (TPSA) is 54.5 Å². The van der Waals surface area contributed by atoms with Gasteiger partial charge in [0.2, 0.25) is 5.91 Å². The summed E-state index contributed by atoms with van der Waals surface area (Å²) < 4.78 is 5.79. The predicted octanol–water partition coefficient (Wildman–Crippen LogP) is 1.82. The highest BCUT2D eigenvalue weighted by atomic mass is 32.1. The van der Waals surface area contributed by atoms with Gasteiger partial charge in [0.15, 0.2) is 0 Å². The van der Waals surface area contributed by atoms with Crippen LogP contribution in [0.25, 0.3) is 0 Å². The van der Waals surface area contributed by atoms with Gasteiger partial charge in [-0.05, 0) is 37.5 Å². The van der Waals surface area contributed by atoms with Crippen LogP contribution in [0, 0.1) is 11.8 Å². The Morgan fingerprint density at radius 1 is 1.41 bits per heavy atom. The van der Waals surface area contributed by atoms with Crippen molar-refractivity contribution < 1.29 is 9.53 Å². The molecule has 1 aliphatic heterocycles. The first-order valence-corrected chi connectivity index (χ1v) is 9.20. The van der Waals surface area contributed by atoms with Gasteiger partial charge in [0.1, 0.15) is 11.1 Å². The van der Waals surface area contributed by atoms with Crippen LogP contribution in [0.5, 0.6) is 0 Å². The molecule has 1 aromatic heterocycles. The van der Waals surface area contributed by atoms with Crippen LogP contribution in [-0.2, 0) is 9.53 Å². The van der Waals surface area contributed by atoms with Gasteiger partial charge >= 0.3 is 0 Å². The Morgan fingerprint density at radius 2 is 2.18 bits per heavy atom. The standard InChI is InChI=1S/C16H23N3O2S/c20-14(18-15(11-1-2-11)12-3-4-12)10-19-6-7-21-13(9-19)16-17-5-8-22-16/h5,8,11-13,15H,1-4,6-7,9-10H2,(H,18,20)/t13-/m1/s1. The van der Waals surface area contributed by atoms with Gasteiger partial charge < -0.3 is 10.1 Å². The summed E-state index contributed by atoms with van der Waals surface area (Å²) in [6, 6.07) is 0.448. The average molecular weight is 321 g/mol. The molecule has 1 atom stereocenters. The molecular weight excluding hydrogens is 298 g/mol. The summed E-state index contributed by atoms with van der Waals surface area (Å²) in [4.78, 5) is 18.9. The van der Waals surface area contributed by atoms with Gasteiger partial charge in [-0.25, -0.2) is 4.98 Å². The van der Waals surface area contributed by atoms with Gasteiger partial charge in [-0.1, -0.05) is 0 Å². The number of carbonyl (C=O) groups excluding carboxylic acids is 1. The second-order valence-corrected chi connectivity index (χ2v) is 7.66. The molecule has 0 aromatic carbocycles. The van der Waals surface area contributed by atoms with E-state index in [0.29, 0.717) is 19.2 Å². The summed E-state index contributed by atoms with van der Waals surface area (Å²) in [7, 11) is 0. The fourth-order valence-electron chi connectivity index (χ4n) is 3.35. The molecule has 1 saturated heterocycles. The molecule has 120 valence electrons. The van der Waals surface area contributed by atoms with Crippen molar-refractivity contribution >= 4 is 17.2 Å². The molecule has 3 aliphatic rings. The molecule has 4 rings (SSSR count). The molecule has 2 heterocycles. The zero-order chi connectivity index (χ0) is 14.9. The summed E-state index contributed by atoms with van der Waals surface area (Å²) in [5.41, 5.74) is 0. The monoisotopic (exact) mass is 321 g/mol. The van der Waals surface area contributed by atoms with Crippen molar-refractivity contribution in [2.45, 2.75) is 37.8 Å². The smallest absolute Gasteiger partial charge is 0.234 e. The molecule has 1 N–H and O–H groups in total. The Balaban J connectivity index is 1.29. The zero-order valence-corrected chi connectivity index (χ0v) is 13.6. The third kappa shape index (κ3) is 3.50. The minimum atomic E-state index is 0.0178. The molecule has 22 heavy (non-hydrogen) atoms. The molecule has 1 amide bonds. The maximum atomic E-state index is 12.4. The number of hydrogen-bond acceptors (Lipinski definition) is 5. The number of amides is 1. The van der Waals surface area contributed by atoms with E-state index in [1.807, 2.05) is 11.6 Å². The predicted molar refractivity (Wildman–Crippen MR) is 84.6 cm³/mol. The Hall–Kier alpha value is -0.980. The van der Waals surface area contributed by atoms with E-state index in [1.165, 1.54) is 25.7 Å². The Morgan fingerprint density at radius 3 is 2.82 bits per heavy atom. The lowest BCUT2D eigenvalue weighted by molar-refractivity contribution is -0.125. The summed E-state index contributed by atoms with van der Waals surface area (Å²) in [6.07, 6.45) is 7.02. The molecule has 2 saturated carbocycles. The maximum absolute atomic E-state index is 12.4. The normalized spacial score (nSPS) is 26.3. The van der Waals surface area contributed by atoms with Crippen LogP contribution >= 0.6 is 11.3 Å². The number of hydrogen-bond donors (Lipinski definition) is 1. The van der Waals surface area contributed by atoms with Crippen molar-refractivity contribution in [3.63, 3.8) is 0 Å². The van der Waals surface area contributed by atoms with Crippen molar-refractivity contribution in [3.05, 3.63) is 16.6 Å². The molecule has 2 aliphatic carbocycles. The SMILES string of the molecule is O=C(CN1CCO[C@@H](c2nccs2)C1)NC(C1CC1)C1CC1. The first-order chi connectivity index (χ1) is 10.8. The van der Waals surface area contributed by atoms with E-state index < -0.39 is 0 Å². The van der Waals surface area contributed by atoms with Gasteiger partial charge in [-0.3, -0.25) is 9.69 Å². The van der Waals surface area contributed by atoms with Gasteiger partial charge in [-0.2, -0.15) is 0 Å². The number of nitrogens with one attached hydrogen (secondary N) is 1. The second kappa shape index (κ2) is 6.26. The lowest BCUT2D eigenvalue weighted by Gasteiger charge is -2.32. The van der Waals surface area contributed by atoms with Crippen molar-refractivity contribution in [2.24, 2.45) is 11.8 Å². The van der Waals surface area contributed by atoms with E-state index in [9.17, 15) is 4.79 Å². The minimum absolute atomic E-state index is 0.0178. The molecule has 0 unspecified atom stereocenters. The third-order valence-corrected chi connectivity index (χ3v) is 5.70. The van der Waals surface area contributed by atoms with Crippen LogP contribution < -0.4 is 5.32 Å². The van der Waals surface area contributed by atoms with Crippen molar-refractivity contribution in [2.75, 3.05) is 26.2 Å². The summed E-state index contributed by atoms with van der Waals surface area (Å²) in [5.74, 6) is 1.69. The number of carbonyl (C=O) groups is 1. The van der Waals surface area contributed by atoms with Crippen molar-refractivity contribution in [1.82, 2.24) is 15.2 Å². The maximum Gasteiger partial charge on any atom is 0.234 e. The lowest BCUT2D eigenvalue weighted by Crippen LogP contribution is -2.47. The van der Waals surface area contributed by atoms with Crippen molar-refractivity contribution in [3.8, 4) is 0 Å². The zero-order valence-electron chi connectivity index (χ0n) is 12.7. The molecule has 1 aromatic rings. The Labute approximate surface area is 135 Å². The highest BCUT2D eigenvalue weighted by Crippen LogP contribution is 2.44. The van der Waals surface area contributed by atoms with Crippen LogP contribution in [0.1, 0.15) is 36.8 Å². The van der Waals surface area contributed by atoms with Crippen LogP contribution in [0.15, 0.2) is 11.6 Å². The van der Waals surface area contributed by atoms with Gasteiger partial charge in [0.05, 0.1) is 13.2 Å². The van der Waals surface area contributed by atoms with Crippen LogP contribution in [0.3, 0.4) is 0 Å². The number of aromatic nitrogens is 1. The highest BCUT2D eigenvalue weighted by Gasteiger charge is 2.42. The van der Waals surface area contributed by atoms with Crippen LogP contribution in [0.4, 0.5) is 0 Å².